The lowest BCUT2D eigenvalue weighted by Crippen LogP contribution is -2.55. The summed E-state index contributed by atoms with van der Waals surface area (Å²) in [5.41, 5.74) is 0.666. The van der Waals surface area contributed by atoms with Gasteiger partial charge in [-0.15, -0.1) is 0 Å². The highest BCUT2D eigenvalue weighted by Crippen LogP contribution is 2.35. The van der Waals surface area contributed by atoms with E-state index in [1.165, 1.54) is 11.0 Å². The lowest BCUT2D eigenvalue weighted by Gasteiger charge is -2.31. The third-order valence-electron chi connectivity index (χ3n) is 5.44. The van der Waals surface area contributed by atoms with Crippen molar-refractivity contribution in [3.8, 4) is 11.4 Å². The van der Waals surface area contributed by atoms with Crippen molar-refractivity contribution >= 4 is 31.2 Å². The number of hydrogen-bond donors (Lipinski definition) is 6. The summed E-state index contributed by atoms with van der Waals surface area (Å²) in [5.74, 6) is -1.26. The first-order chi connectivity index (χ1) is 18.0. The van der Waals surface area contributed by atoms with E-state index in [1.807, 2.05) is 25.1 Å². The number of piperazine rings is 1. The second-order valence-corrected chi connectivity index (χ2v) is 10.2. The minimum absolute atomic E-state index is 0.0259. The monoisotopic (exact) mass is 550 g/mol. The Hall–Kier alpha value is -3.38. The van der Waals surface area contributed by atoms with E-state index in [9.17, 15) is 28.7 Å². The van der Waals surface area contributed by atoms with Crippen molar-refractivity contribution in [2.24, 2.45) is 0 Å². The molecule has 1 saturated heterocycles. The van der Waals surface area contributed by atoms with Crippen LogP contribution in [0.4, 0.5) is 5.82 Å². The highest BCUT2D eigenvalue weighted by molar-refractivity contribution is 7.51. The number of benzene rings is 1. The van der Waals surface area contributed by atoms with Crippen molar-refractivity contribution in [2.45, 2.75) is 32.2 Å². The number of unbranched alkanes of at least 4 members (excludes halogenated alkanes) is 1. The molecule has 14 heteroatoms. The Morgan fingerprint density at radius 1 is 1.13 bits per heavy atom. The molecule has 3 rings (SSSR count). The van der Waals surface area contributed by atoms with Crippen LogP contribution in [0.5, 0.6) is 0 Å². The van der Waals surface area contributed by atoms with Gasteiger partial charge in [0.2, 0.25) is 5.91 Å². The van der Waals surface area contributed by atoms with Gasteiger partial charge < -0.3 is 35.7 Å². The van der Waals surface area contributed by atoms with E-state index < -0.39 is 37.6 Å². The maximum atomic E-state index is 12.9. The predicted molar refractivity (Wildman–Crippen MR) is 142 cm³/mol. The van der Waals surface area contributed by atoms with Gasteiger partial charge in [0.05, 0.1) is 6.16 Å². The van der Waals surface area contributed by atoms with Gasteiger partial charge in [0.1, 0.15) is 17.6 Å². The average Bonchev–Trinajstić information content (AvgIpc) is 2.91. The van der Waals surface area contributed by atoms with Crippen LogP contribution in [0.2, 0.25) is 0 Å². The van der Waals surface area contributed by atoms with Crippen LogP contribution in [0.15, 0.2) is 36.4 Å². The van der Waals surface area contributed by atoms with Crippen LogP contribution in [-0.2, 0) is 14.2 Å². The zero-order valence-electron chi connectivity index (χ0n) is 21.5. The topological polar surface area (TPSA) is 194 Å². The summed E-state index contributed by atoms with van der Waals surface area (Å²) in [6, 6.07) is 9.08. The number of aromatic nitrogens is 2. The number of carboxylic acid groups (broad SMARTS) is 1. The molecule has 1 aromatic carbocycles. The Labute approximate surface area is 221 Å². The average molecular weight is 551 g/mol. The summed E-state index contributed by atoms with van der Waals surface area (Å²) in [6.45, 7) is 3.90. The van der Waals surface area contributed by atoms with Crippen LogP contribution in [-0.4, -0.2) is 93.0 Å². The fourth-order valence-electron chi connectivity index (χ4n) is 3.50. The van der Waals surface area contributed by atoms with Crippen LogP contribution < -0.4 is 16.0 Å². The molecular formula is C24H35N6O7P. The van der Waals surface area contributed by atoms with Crippen molar-refractivity contribution in [1.82, 2.24) is 25.5 Å². The van der Waals surface area contributed by atoms with Crippen LogP contribution in [0, 0.1) is 0 Å². The molecule has 208 valence electrons. The molecule has 38 heavy (non-hydrogen) atoms. The Bertz CT molecular complexity index is 1120. The summed E-state index contributed by atoms with van der Waals surface area (Å²) in [7, 11) is -2.93. The first kappa shape index (κ1) is 30.8. The van der Waals surface area contributed by atoms with Gasteiger partial charge in [0.25, 0.3) is 5.91 Å². The third kappa shape index (κ3) is 10.5. The summed E-state index contributed by atoms with van der Waals surface area (Å²) in [4.78, 5) is 64.5. The molecule has 1 fully saturated rings. The van der Waals surface area contributed by atoms with E-state index in [2.05, 4.69) is 25.9 Å². The predicted octanol–water partition coefficient (Wildman–Crippen LogP) is 1.15. The highest BCUT2D eigenvalue weighted by atomic mass is 31.2. The molecule has 6 N–H and O–H groups in total. The standard InChI is InChI=1S/C19H25N6O5P.C5H10O2/c1-20-16-11-14(22-17(24-16)13-5-3-2-4-6-13)18(26)23-15(12-31(28,29)30)19(27)25-9-7-21-8-10-25;1-2-3-4-5(6)7/h2-6,11,15,21H,7-10,12H2,1H3,(H,23,26)(H,20,22,24)(H2,28,29,30);2-4H2,1H3,(H,6,7). The number of anilines is 1. The van der Waals surface area contributed by atoms with Crippen LogP contribution in [0.25, 0.3) is 11.4 Å². The van der Waals surface area contributed by atoms with E-state index in [0.717, 1.165) is 12.8 Å². The Morgan fingerprint density at radius 3 is 2.32 bits per heavy atom. The molecule has 2 heterocycles. The fraction of sp³-hybridized carbons (Fsp3) is 0.458. The zero-order valence-corrected chi connectivity index (χ0v) is 22.4. The number of aliphatic carboxylic acids is 1. The lowest BCUT2D eigenvalue weighted by atomic mass is 10.2. The van der Waals surface area contributed by atoms with Crippen LogP contribution in [0.3, 0.4) is 0 Å². The van der Waals surface area contributed by atoms with E-state index in [-0.39, 0.29) is 5.69 Å². The van der Waals surface area contributed by atoms with Gasteiger partial charge in [0, 0.05) is 51.3 Å². The molecule has 0 bridgehead atoms. The first-order valence-corrected chi connectivity index (χ1v) is 14.0. The number of nitrogens with zero attached hydrogens (tertiary/aromatic N) is 3. The van der Waals surface area contributed by atoms with Gasteiger partial charge in [-0.25, -0.2) is 9.97 Å². The van der Waals surface area contributed by atoms with Crippen molar-refractivity contribution < 1.29 is 33.8 Å². The maximum absolute atomic E-state index is 12.9. The van der Waals surface area contributed by atoms with Crippen molar-refractivity contribution in [2.75, 3.05) is 44.7 Å². The first-order valence-electron chi connectivity index (χ1n) is 12.2. The van der Waals surface area contributed by atoms with Gasteiger partial charge in [-0.3, -0.25) is 18.9 Å². The zero-order chi connectivity index (χ0) is 28.1. The van der Waals surface area contributed by atoms with Crippen molar-refractivity contribution in [1.29, 1.82) is 0 Å². The minimum atomic E-state index is -4.57. The quantitative estimate of drug-likeness (QED) is 0.232. The van der Waals surface area contributed by atoms with Gasteiger partial charge in [-0.05, 0) is 6.42 Å². The van der Waals surface area contributed by atoms with E-state index in [1.54, 1.807) is 19.2 Å². The summed E-state index contributed by atoms with van der Waals surface area (Å²) < 4.78 is 11.6. The molecule has 0 spiro atoms. The highest BCUT2D eigenvalue weighted by Gasteiger charge is 2.33. The number of hydrogen-bond acceptors (Lipinski definition) is 8. The molecular weight excluding hydrogens is 515 g/mol. The number of nitrogens with one attached hydrogen (secondary N) is 3. The largest absolute Gasteiger partial charge is 0.481 e. The summed E-state index contributed by atoms with van der Waals surface area (Å²) in [5, 5.41) is 16.5. The maximum Gasteiger partial charge on any atom is 0.328 e. The second kappa shape index (κ2) is 15.1. The molecule has 0 aliphatic carbocycles. The lowest BCUT2D eigenvalue weighted by molar-refractivity contribution is -0.137. The van der Waals surface area contributed by atoms with Crippen LogP contribution >= 0.6 is 7.60 Å². The Kier molecular flexibility index (Phi) is 12.3. The number of carbonyl (C=O) groups excluding carboxylic acids is 2. The second-order valence-electron chi connectivity index (χ2n) is 8.52. The van der Waals surface area contributed by atoms with Gasteiger partial charge in [-0.2, -0.15) is 0 Å². The van der Waals surface area contributed by atoms with Crippen molar-refractivity contribution in [3.63, 3.8) is 0 Å². The van der Waals surface area contributed by atoms with Crippen LogP contribution in [0.1, 0.15) is 36.7 Å². The Morgan fingerprint density at radius 2 is 1.79 bits per heavy atom. The van der Waals surface area contributed by atoms with E-state index in [0.29, 0.717) is 49.8 Å². The molecule has 1 aliphatic rings. The van der Waals surface area contributed by atoms with Gasteiger partial charge in [-0.1, -0.05) is 43.7 Å². The molecule has 1 unspecified atom stereocenters. The molecule has 1 aromatic heterocycles. The molecule has 2 aromatic rings. The summed E-state index contributed by atoms with van der Waals surface area (Å²) in [6.07, 6.45) is 1.29. The van der Waals surface area contributed by atoms with E-state index in [4.69, 9.17) is 5.11 Å². The fourth-order valence-corrected chi connectivity index (χ4v) is 4.22. The molecule has 1 atom stereocenters. The number of carbonyl (C=O) groups is 3. The molecule has 2 amide bonds. The Balaban J connectivity index is 0.000000638. The van der Waals surface area contributed by atoms with Crippen molar-refractivity contribution in [3.05, 3.63) is 42.1 Å². The number of rotatable bonds is 10. The summed E-state index contributed by atoms with van der Waals surface area (Å²) >= 11 is 0. The third-order valence-corrected chi connectivity index (χ3v) is 6.28. The minimum Gasteiger partial charge on any atom is -0.481 e. The van der Waals surface area contributed by atoms with Gasteiger partial charge in [0.15, 0.2) is 5.82 Å². The molecule has 0 saturated carbocycles. The molecule has 0 radical (unpaired) electrons. The number of carboxylic acids is 1. The molecule has 13 nitrogen and oxygen atoms in total. The SMILES string of the molecule is CCCCC(=O)O.CNc1cc(C(=O)NC(CP(=O)(O)O)C(=O)N2CCNCC2)nc(-c2ccccc2)n1. The van der Waals surface area contributed by atoms with Gasteiger partial charge >= 0.3 is 13.6 Å². The van der Waals surface area contributed by atoms with E-state index >= 15 is 0 Å². The smallest absolute Gasteiger partial charge is 0.328 e. The molecule has 1 aliphatic heterocycles. The number of amides is 2. The normalized spacial score (nSPS) is 14.1.